The summed E-state index contributed by atoms with van der Waals surface area (Å²) < 4.78 is 1.72. The number of imidazole rings is 1. The van der Waals surface area contributed by atoms with Crippen LogP contribution in [0.15, 0.2) is 4.79 Å². The van der Waals surface area contributed by atoms with E-state index in [1.165, 1.54) is 0 Å². The number of aromatic nitrogens is 4. The first kappa shape index (κ1) is 11.4. The molecule has 7 nitrogen and oxygen atoms in total. The Balaban J connectivity index is 2.54. The number of nitrogens with one attached hydrogen (secondary N) is 1. The lowest BCUT2D eigenvalue weighted by atomic mass is 10.1. The summed E-state index contributed by atoms with van der Waals surface area (Å²) in [6, 6.07) is 0. The van der Waals surface area contributed by atoms with E-state index in [4.69, 9.17) is 11.5 Å². The highest BCUT2D eigenvalue weighted by Gasteiger charge is 2.13. The molecule has 0 saturated heterocycles. The summed E-state index contributed by atoms with van der Waals surface area (Å²) in [5.41, 5.74) is 11.6. The van der Waals surface area contributed by atoms with Gasteiger partial charge in [0.05, 0.1) is 0 Å². The minimum atomic E-state index is -0.359. The fourth-order valence-corrected chi connectivity index (χ4v) is 1.65. The standard InChI is InChI=1S/C10H16N6O/c1-5(2)3-4-16-7-6(13-10(16)12)8(17)15-9(11)14-7/h5H,3-4H2,1-2H3,(H2,12,13)(H3,11,14,15,17). The van der Waals surface area contributed by atoms with Gasteiger partial charge in [-0.05, 0) is 12.3 Å². The van der Waals surface area contributed by atoms with Crippen LogP contribution in [0.1, 0.15) is 20.3 Å². The lowest BCUT2D eigenvalue weighted by Gasteiger charge is -2.07. The Labute approximate surface area is 97.9 Å². The van der Waals surface area contributed by atoms with Crippen LogP contribution in [0.4, 0.5) is 11.9 Å². The van der Waals surface area contributed by atoms with Crippen molar-refractivity contribution < 1.29 is 0 Å². The number of H-pyrrole nitrogens is 1. The fraction of sp³-hybridized carbons (Fsp3) is 0.500. The third-order valence-electron chi connectivity index (χ3n) is 2.58. The number of nitrogen functional groups attached to an aromatic ring is 2. The van der Waals surface area contributed by atoms with E-state index in [0.717, 1.165) is 6.42 Å². The van der Waals surface area contributed by atoms with Gasteiger partial charge in [-0.1, -0.05) is 13.8 Å². The number of aryl methyl sites for hydroxylation is 1. The predicted octanol–water partition coefficient (Wildman–Crippen LogP) is 0.330. The Hall–Kier alpha value is -2.05. The lowest BCUT2D eigenvalue weighted by Crippen LogP contribution is -2.12. The van der Waals surface area contributed by atoms with E-state index in [1.54, 1.807) is 4.57 Å². The van der Waals surface area contributed by atoms with Crippen LogP contribution in [-0.4, -0.2) is 19.5 Å². The average molecular weight is 236 g/mol. The molecule has 0 radical (unpaired) electrons. The Kier molecular flexibility index (Phi) is 2.74. The second-order valence-corrected chi connectivity index (χ2v) is 4.43. The second kappa shape index (κ2) is 4.08. The highest BCUT2D eigenvalue weighted by Crippen LogP contribution is 2.15. The zero-order valence-corrected chi connectivity index (χ0v) is 9.90. The van der Waals surface area contributed by atoms with E-state index in [9.17, 15) is 4.79 Å². The first-order valence-corrected chi connectivity index (χ1v) is 5.50. The van der Waals surface area contributed by atoms with Gasteiger partial charge in [-0.25, -0.2) is 4.98 Å². The van der Waals surface area contributed by atoms with E-state index in [1.807, 2.05) is 0 Å². The number of hydrogen-bond donors (Lipinski definition) is 3. The molecule has 2 aromatic heterocycles. The molecule has 0 aliphatic carbocycles. The SMILES string of the molecule is CC(C)CCn1c(N)nc2c(=O)[nH]c(N)nc21. The van der Waals surface area contributed by atoms with Crippen molar-refractivity contribution in [1.82, 2.24) is 19.5 Å². The Morgan fingerprint density at radius 1 is 1.35 bits per heavy atom. The van der Waals surface area contributed by atoms with E-state index < -0.39 is 0 Å². The number of rotatable bonds is 3. The molecule has 0 aliphatic rings. The van der Waals surface area contributed by atoms with Gasteiger partial charge >= 0.3 is 0 Å². The van der Waals surface area contributed by atoms with Gasteiger partial charge in [0.25, 0.3) is 5.56 Å². The number of anilines is 2. The maximum atomic E-state index is 11.6. The van der Waals surface area contributed by atoms with Crippen LogP contribution >= 0.6 is 0 Å². The molecule has 2 heterocycles. The zero-order valence-electron chi connectivity index (χ0n) is 9.90. The van der Waals surface area contributed by atoms with Crippen LogP contribution in [0.25, 0.3) is 11.2 Å². The van der Waals surface area contributed by atoms with Gasteiger partial charge in [0.2, 0.25) is 11.9 Å². The van der Waals surface area contributed by atoms with Crippen molar-refractivity contribution in [1.29, 1.82) is 0 Å². The summed E-state index contributed by atoms with van der Waals surface area (Å²) in [6.45, 7) is 4.91. The van der Waals surface area contributed by atoms with Gasteiger partial charge in [-0.3, -0.25) is 14.3 Å². The molecule has 5 N–H and O–H groups in total. The van der Waals surface area contributed by atoms with Crippen LogP contribution in [-0.2, 0) is 6.54 Å². The predicted molar refractivity (Wildman–Crippen MR) is 66.4 cm³/mol. The zero-order chi connectivity index (χ0) is 12.6. The van der Waals surface area contributed by atoms with Crippen LogP contribution in [0.3, 0.4) is 0 Å². The molecule has 0 spiro atoms. The van der Waals surface area contributed by atoms with Gasteiger partial charge in [-0.15, -0.1) is 0 Å². The van der Waals surface area contributed by atoms with Crippen molar-refractivity contribution in [2.45, 2.75) is 26.8 Å². The number of nitrogens with zero attached hydrogens (tertiary/aromatic N) is 3. The maximum absolute atomic E-state index is 11.6. The molecule has 0 fully saturated rings. The molecule has 0 amide bonds. The van der Waals surface area contributed by atoms with Crippen molar-refractivity contribution in [3.63, 3.8) is 0 Å². The first-order chi connectivity index (χ1) is 7.99. The number of nitrogens with two attached hydrogens (primary N) is 2. The first-order valence-electron chi connectivity index (χ1n) is 5.50. The maximum Gasteiger partial charge on any atom is 0.280 e. The van der Waals surface area contributed by atoms with Crippen LogP contribution in [0.5, 0.6) is 0 Å². The number of aromatic amines is 1. The van der Waals surface area contributed by atoms with Gasteiger partial charge in [-0.2, -0.15) is 4.98 Å². The van der Waals surface area contributed by atoms with Crippen molar-refractivity contribution in [3.05, 3.63) is 10.4 Å². The number of hydrogen-bond acceptors (Lipinski definition) is 5. The third kappa shape index (κ3) is 2.08. The fourth-order valence-electron chi connectivity index (χ4n) is 1.65. The Bertz CT molecular complexity index is 597. The molecular formula is C10H16N6O. The van der Waals surface area contributed by atoms with Crippen LogP contribution in [0, 0.1) is 5.92 Å². The molecule has 0 unspecified atom stereocenters. The smallest absolute Gasteiger partial charge is 0.280 e. The molecule has 7 heteroatoms. The summed E-state index contributed by atoms with van der Waals surface area (Å²) in [5, 5.41) is 0. The summed E-state index contributed by atoms with van der Waals surface area (Å²) in [6.07, 6.45) is 0.935. The quantitative estimate of drug-likeness (QED) is 0.710. The van der Waals surface area contributed by atoms with Gasteiger partial charge in [0.15, 0.2) is 11.2 Å². The molecule has 0 aromatic carbocycles. The normalized spacial score (nSPS) is 11.5. The molecule has 0 atom stereocenters. The van der Waals surface area contributed by atoms with Crippen molar-refractivity contribution in [2.75, 3.05) is 11.5 Å². The second-order valence-electron chi connectivity index (χ2n) is 4.43. The molecular weight excluding hydrogens is 220 g/mol. The van der Waals surface area contributed by atoms with Crippen LogP contribution < -0.4 is 17.0 Å². The highest BCUT2D eigenvalue weighted by molar-refractivity contribution is 5.73. The van der Waals surface area contributed by atoms with Gasteiger partial charge in [0, 0.05) is 6.54 Å². The minimum Gasteiger partial charge on any atom is -0.369 e. The summed E-state index contributed by atoms with van der Waals surface area (Å²) >= 11 is 0. The molecule has 0 aliphatic heterocycles. The van der Waals surface area contributed by atoms with Crippen LogP contribution in [0.2, 0.25) is 0 Å². The molecule has 17 heavy (non-hydrogen) atoms. The summed E-state index contributed by atoms with van der Waals surface area (Å²) in [7, 11) is 0. The van der Waals surface area contributed by atoms with Gasteiger partial charge < -0.3 is 11.5 Å². The molecule has 2 rings (SSSR count). The third-order valence-corrected chi connectivity index (χ3v) is 2.58. The average Bonchev–Trinajstić information content (AvgIpc) is 2.52. The monoisotopic (exact) mass is 236 g/mol. The Morgan fingerprint density at radius 2 is 2.06 bits per heavy atom. The molecule has 2 aromatic rings. The summed E-state index contributed by atoms with van der Waals surface area (Å²) in [5.74, 6) is 0.906. The van der Waals surface area contributed by atoms with Crippen molar-refractivity contribution >= 4 is 23.1 Å². The highest BCUT2D eigenvalue weighted by atomic mass is 16.1. The topological polar surface area (TPSA) is 116 Å². The van der Waals surface area contributed by atoms with E-state index >= 15 is 0 Å². The van der Waals surface area contributed by atoms with Crippen molar-refractivity contribution in [3.8, 4) is 0 Å². The lowest BCUT2D eigenvalue weighted by molar-refractivity contribution is 0.525. The minimum absolute atomic E-state index is 0.0770. The molecule has 92 valence electrons. The van der Waals surface area contributed by atoms with E-state index in [2.05, 4.69) is 28.8 Å². The molecule has 0 bridgehead atoms. The van der Waals surface area contributed by atoms with Gasteiger partial charge in [0.1, 0.15) is 0 Å². The molecule has 0 saturated carbocycles. The van der Waals surface area contributed by atoms with E-state index in [-0.39, 0.29) is 17.0 Å². The van der Waals surface area contributed by atoms with E-state index in [0.29, 0.717) is 24.1 Å². The van der Waals surface area contributed by atoms with Crippen molar-refractivity contribution in [2.24, 2.45) is 5.92 Å². The number of fused-ring (bicyclic) bond motifs is 1. The largest absolute Gasteiger partial charge is 0.369 e. The summed E-state index contributed by atoms with van der Waals surface area (Å²) in [4.78, 5) is 22.1. The Morgan fingerprint density at radius 3 is 2.71 bits per heavy atom.